The summed E-state index contributed by atoms with van der Waals surface area (Å²) in [5, 5.41) is 0. The molecule has 0 aromatic carbocycles. The molecule has 2 rings (SSSR count). The lowest BCUT2D eigenvalue weighted by molar-refractivity contribution is -0.173. The molecule has 25 heavy (non-hydrogen) atoms. The van der Waals surface area contributed by atoms with Gasteiger partial charge in [0.15, 0.2) is 0 Å². The van der Waals surface area contributed by atoms with Crippen molar-refractivity contribution in [2.75, 3.05) is 18.1 Å². The van der Waals surface area contributed by atoms with E-state index in [1.807, 2.05) is 0 Å². The van der Waals surface area contributed by atoms with E-state index in [0.29, 0.717) is 24.9 Å². The molecule has 1 amide bonds. The molecule has 0 fully saturated rings. The number of carbonyl (C=O) groups excluding carboxylic acids is 2. The van der Waals surface area contributed by atoms with Gasteiger partial charge in [-0.05, 0) is 52.2 Å². The van der Waals surface area contributed by atoms with Crippen LogP contribution in [0.25, 0.3) is 0 Å². The molecule has 8 heteroatoms. The molecule has 0 saturated carbocycles. The van der Waals surface area contributed by atoms with Gasteiger partial charge in [-0.2, -0.15) is 8.78 Å². The lowest BCUT2D eigenvalue weighted by Crippen LogP contribution is -2.41. The fourth-order valence-electron chi connectivity index (χ4n) is 2.44. The average Bonchev–Trinajstić information content (AvgIpc) is 2.52. The number of esters is 1. The van der Waals surface area contributed by atoms with Crippen LogP contribution in [0.15, 0.2) is 12.1 Å². The van der Waals surface area contributed by atoms with Gasteiger partial charge in [-0.15, -0.1) is 0 Å². The van der Waals surface area contributed by atoms with Crippen LogP contribution >= 0.6 is 0 Å². The Hall–Kier alpha value is -2.25. The quantitative estimate of drug-likeness (QED) is 0.776. The molecule has 0 radical (unpaired) electrons. The molecule has 1 aliphatic rings. The highest BCUT2D eigenvalue weighted by Crippen LogP contribution is 2.33. The van der Waals surface area contributed by atoms with Gasteiger partial charge in [0.25, 0.3) is 0 Å². The summed E-state index contributed by atoms with van der Waals surface area (Å²) < 4.78 is 38.2. The highest BCUT2D eigenvalue weighted by atomic mass is 19.3. The molecule has 1 aromatic rings. The van der Waals surface area contributed by atoms with E-state index in [0.717, 1.165) is 6.07 Å². The van der Waals surface area contributed by atoms with Gasteiger partial charge in [0.05, 0.1) is 6.61 Å². The summed E-state index contributed by atoms with van der Waals surface area (Å²) in [5.41, 5.74) is -0.818. The summed E-state index contributed by atoms with van der Waals surface area (Å²) in [4.78, 5) is 29.0. The molecule has 0 spiro atoms. The SMILES string of the molecule is CCOC(=O)C(F)(F)c1ccc2c(n1)N(C(=O)OC(C)(C)C)CCC2. The fourth-order valence-corrected chi connectivity index (χ4v) is 2.44. The zero-order valence-electron chi connectivity index (χ0n) is 14.8. The first kappa shape index (κ1) is 19.1. The van der Waals surface area contributed by atoms with Crippen LogP contribution in [-0.2, 0) is 26.6 Å². The van der Waals surface area contributed by atoms with Crippen LogP contribution < -0.4 is 4.90 Å². The first-order valence-electron chi connectivity index (χ1n) is 8.12. The predicted molar refractivity (Wildman–Crippen MR) is 86.7 cm³/mol. The standard InChI is InChI=1S/C17H22F2N2O4/c1-5-24-14(22)17(18,19)12-9-8-11-7-6-10-21(13(11)20-12)15(23)25-16(2,3)4/h8-9H,5-7,10H2,1-4H3. The number of fused-ring (bicyclic) bond motifs is 1. The number of carbonyl (C=O) groups is 2. The summed E-state index contributed by atoms with van der Waals surface area (Å²) in [7, 11) is 0. The molecule has 0 N–H and O–H groups in total. The lowest BCUT2D eigenvalue weighted by Gasteiger charge is -2.31. The van der Waals surface area contributed by atoms with Crippen molar-refractivity contribution in [3.05, 3.63) is 23.4 Å². The van der Waals surface area contributed by atoms with Crippen molar-refractivity contribution in [2.24, 2.45) is 0 Å². The van der Waals surface area contributed by atoms with Gasteiger partial charge in [0.1, 0.15) is 17.1 Å². The Morgan fingerprint density at radius 1 is 1.28 bits per heavy atom. The van der Waals surface area contributed by atoms with E-state index in [1.165, 1.54) is 17.9 Å². The molecule has 138 valence electrons. The maximum Gasteiger partial charge on any atom is 0.416 e. The molecule has 0 saturated heterocycles. The molecular formula is C17H22F2N2O4. The minimum Gasteiger partial charge on any atom is -0.461 e. The van der Waals surface area contributed by atoms with Gasteiger partial charge in [-0.3, -0.25) is 4.90 Å². The second kappa shape index (κ2) is 6.93. The third kappa shape index (κ3) is 4.24. The number of hydrogen-bond donors (Lipinski definition) is 0. The van der Waals surface area contributed by atoms with E-state index in [9.17, 15) is 18.4 Å². The van der Waals surface area contributed by atoms with E-state index >= 15 is 0 Å². The Balaban J connectivity index is 2.37. The van der Waals surface area contributed by atoms with Crippen molar-refractivity contribution in [3.8, 4) is 0 Å². The maximum atomic E-state index is 14.2. The van der Waals surface area contributed by atoms with Crippen molar-refractivity contribution >= 4 is 17.9 Å². The third-order valence-electron chi connectivity index (χ3n) is 3.51. The number of amides is 1. The molecule has 0 aliphatic carbocycles. The summed E-state index contributed by atoms with van der Waals surface area (Å²) in [6.45, 7) is 6.74. The number of pyridine rings is 1. The zero-order valence-corrected chi connectivity index (χ0v) is 14.8. The molecule has 0 atom stereocenters. The monoisotopic (exact) mass is 356 g/mol. The van der Waals surface area contributed by atoms with Crippen molar-refractivity contribution in [1.29, 1.82) is 0 Å². The molecule has 1 aliphatic heterocycles. The number of nitrogens with zero attached hydrogens (tertiary/aromatic N) is 2. The number of ether oxygens (including phenoxy) is 2. The molecule has 0 bridgehead atoms. The first-order chi connectivity index (χ1) is 11.6. The minimum atomic E-state index is -3.89. The number of anilines is 1. The van der Waals surface area contributed by atoms with Crippen LogP contribution in [0.1, 0.15) is 45.4 Å². The number of rotatable bonds is 3. The normalized spacial score (nSPS) is 14.7. The smallest absolute Gasteiger partial charge is 0.416 e. The maximum absolute atomic E-state index is 14.2. The molecular weight excluding hydrogens is 334 g/mol. The van der Waals surface area contributed by atoms with Crippen LogP contribution in [0, 0.1) is 0 Å². The van der Waals surface area contributed by atoms with E-state index in [4.69, 9.17) is 4.74 Å². The fraction of sp³-hybridized carbons (Fsp3) is 0.588. The first-order valence-corrected chi connectivity index (χ1v) is 8.12. The molecule has 1 aromatic heterocycles. The van der Waals surface area contributed by atoms with Crippen LogP contribution in [0.4, 0.5) is 19.4 Å². The lowest BCUT2D eigenvalue weighted by atomic mass is 10.0. The second-order valence-corrected chi connectivity index (χ2v) is 6.71. The number of aryl methyl sites for hydroxylation is 1. The summed E-state index contributed by atoms with van der Waals surface area (Å²) in [6, 6.07) is 2.55. The average molecular weight is 356 g/mol. The van der Waals surface area contributed by atoms with Gasteiger partial charge in [-0.1, -0.05) is 6.07 Å². The second-order valence-electron chi connectivity index (χ2n) is 6.71. The van der Waals surface area contributed by atoms with Gasteiger partial charge in [0.2, 0.25) is 0 Å². The number of alkyl halides is 2. The van der Waals surface area contributed by atoms with Crippen LogP contribution in [0.5, 0.6) is 0 Å². The Morgan fingerprint density at radius 3 is 2.56 bits per heavy atom. The highest BCUT2D eigenvalue weighted by Gasteiger charge is 2.45. The van der Waals surface area contributed by atoms with Crippen LogP contribution in [0.2, 0.25) is 0 Å². The minimum absolute atomic E-state index is 0.0990. The molecule has 0 unspecified atom stereocenters. The summed E-state index contributed by atoms with van der Waals surface area (Å²) in [5.74, 6) is -5.45. The van der Waals surface area contributed by atoms with E-state index < -0.39 is 29.3 Å². The predicted octanol–water partition coefficient (Wildman–Crippen LogP) is 3.42. The van der Waals surface area contributed by atoms with Gasteiger partial charge < -0.3 is 9.47 Å². The Kier molecular flexibility index (Phi) is 5.29. The Labute approximate surface area is 145 Å². The summed E-state index contributed by atoms with van der Waals surface area (Å²) >= 11 is 0. The molecule has 6 nitrogen and oxygen atoms in total. The van der Waals surface area contributed by atoms with Crippen LogP contribution in [-0.4, -0.2) is 35.8 Å². The number of halogens is 2. The largest absolute Gasteiger partial charge is 0.461 e. The number of aromatic nitrogens is 1. The Bertz CT molecular complexity index is 671. The van der Waals surface area contributed by atoms with Gasteiger partial charge in [0, 0.05) is 6.54 Å². The van der Waals surface area contributed by atoms with Gasteiger partial charge >= 0.3 is 18.0 Å². The van der Waals surface area contributed by atoms with Crippen LogP contribution in [0.3, 0.4) is 0 Å². The van der Waals surface area contributed by atoms with E-state index in [-0.39, 0.29) is 12.4 Å². The third-order valence-corrected chi connectivity index (χ3v) is 3.51. The van der Waals surface area contributed by atoms with E-state index in [1.54, 1.807) is 20.8 Å². The van der Waals surface area contributed by atoms with Crippen molar-refractivity contribution in [3.63, 3.8) is 0 Å². The topological polar surface area (TPSA) is 68.7 Å². The zero-order chi connectivity index (χ0) is 18.8. The van der Waals surface area contributed by atoms with E-state index in [2.05, 4.69) is 9.72 Å². The Morgan fingerprint density at radius 2 is 1.96 bits per heavy atom. The van der Waals surface area contributed by atoms with Crippen molar-refractivity contribution in [1.82, 2.24) is 4.98 Å². The molecule has 2 heterocycles. The van der Waals surface area contributed by atoms with Crippen molar-refractivity contribution in [2.45, 2.75) is 52.1 Å². The highest BCUT2D eigenvalue weighted by molar-refractivity contribution is 5.88. The summed E-state index contributed by atoms with van der Waals surface area (Å²) in [6.07, 6.45) is 0.617. The van der Waals surface area contributed by atoms with Gasteiger partial charge in [-0.25, -0.2) is 14.6 Å². The number of hydrogen-bond acceptors (Lipinski definition) is 5. The van der Waals surface area contributed by atoms with Crippen molar-refractivity contribution < 1.29 is 27.8 Å².